The lowest BCUT2D eigenvalue weighted by atomic mass is 10.2. The van der Waals surface area contributed by atoms with Gasteiger partial charge in [0, 0.05) is 19.2 Å². The fourth-order valence-electron chi connectivity index (χ4n) is 3.74. The Balaban J connectivity index is 1.96. The van der Waals surface area contributed by atoms with E-state index in [1.807, 2.05) is 13.0 Å². The quantitative estimate of drug-likeness (QED) is 0.788. The molecule has 24 heavy (non-hydrogen) atoms. The summed E-state index contributed by atoms with van der Waals surface area (Å²) in [7, 11) is -2.09. The smallest absolute Gasteiger partial charge is 0.247 e. The molecule has 1 unspecified atom stereocenters. The number of aryl methyl sites for hydroxylation is 1. The van der Waals surface area contributed by atoms with Gasteiger partial charge in [0.15, 0.2) is 0 Å². The number of methoxy groups -OCH3 is 1. The molecule has 1 saturated carbocycles. The maximum absolute atomic E-state index is 13.4. The SMILES string of the molecule is COc1ccc(C)cc1S(=O)(=O)N(CC1CCCO1)C1CCCC1. The zero-order chi connectivity index (χ0) is 17.2. The standard InChI is InChI=1S/C18H27NO4S/c1-14-9-10-17(22-2)18(12-14)24(20,21)19(15-6-3-4-7-15)13-16-8-5-11-23-16/h9-10,12,15-16H,3-8,11,13H2,1-2H3. The van der Waals surface area contributed by atoms with Gasteiger partial charge in [0.05, 0.1) is 13.2 Å². The fourth-order valence-corrected chi connectivity index (χ4v) is 5.70. The first-order chi connectivity index (χ1) is 11.5. The van der Waals surface area contributed by atoms with Crippen molar-refractivity contribution in [2.24, 2.45) is 0 Å². The first-order valence-corrected chi connectivity index (χ1v) is 10.2. The van der Waals surface area contributed by atoms with Crippen molar-refractivity contribution in [3.8, 4) is 5.75 Å². The highest BCUT2D eigenvalue weighted by Crippen LogP contribution is 2.34. The summed E-state index contributed by atoms with van der Waals surface area (Å²) in [6.45, 7) is 3.08. The lowest BCUT2D eigenvalue weighted by Crippen LogP contribution is -2.43. The van der Waals surface area contributed by atoms with Crippen molar-refractivity contribution >= 4 is 10.0 Å². The van der Waals surface area contributed by atoms with Crippen molar-refractivity contribution in [1.82, 2.24) is 4.31 Å². The Bertz CT molecular complexity index is 662. The second-order valence-electron chi connectivity index (χ2n) is 6.80. The Kier molecular flexibility index (Phi) is 5.47. The molecule has 1 aromatic carbocycles. The molecule has 0 N–H and O–H groups in total. The second kappa shape index (κ2) is 7.42. The summed E-state index contributed by atoms with van der Waals surface area (Å²) >= 11 is 0. The molecule has 6 heteroatoms. The predicted molar refractivity (Wildman–Crippen MR) is 92.9 cm³/mol. The summed E-state index contributed by atoms with van der Waals surface area (Å²) in [6, 6.07) is 5.40. The Labute approximate surface area is 145 Å². The van der Waals surface area contributed by atoms with Gasteiger partial charge in [-0.05, 0) is 50.3 Å². The summed E-state index contributed by atoms with van der Waals surface area (Å²) in [4.78, 5) is 0.273. The van der Waals surface area contributed by atoms with Crippen LogP contribution in [0.1, 0.15) is 44.1 Å². The molecule has 1 atom stereocenters. The zero-order valence-corrected chi connectivity index (χ0v) is 15.3. The molecule has 2 aliphatic rings. The molecule has 1 aliphatic carbocycles. The van der Waals surface area contributed by atoms with Crippen LogP contribution in [-0.4, -0.2) is 45.1 Å². The third kappa shape index (κ3) is 3.60. The van der Waals surface area contributed by atoms with E-state index in [1.165, 1.54) is 7.11 Å². The summed E-state index contributed by atoms with van der Waals surface area (Å²) in [5.41, 5.74) is 0.915. The lowest BCUT2D eigenvalue weighted by Gasteiger charge is -2.30. The molecule has 0 aromatic heterocycles. The maximum Gasteiger partial charge on any atom is 0.247 e. The van der Waals surface area contributed by atoms with Crippen LogP contribution in [0.15, 0.2) is 23.1 Å². The van der Waals surface area contributed by atoms with E-state index in [0.29, 0.717) is 12.3 Å². The van der Waals surface area contributed by atoms with Gasteiger partial charge in [-0.1, -0.05) is 18.9 Å². The van der Waals surface area contributed by atoms with Gasteiger partial charge < -0.3 is 9.47 Å². The molecule has 1 aliphatic heterocycles. The van der Waals surface area contributed by atoms with Crippen molar-refractivity contribution < 1.29 is 17.9 Å². The third-order valence-electron chi connectivity index (χ3n) is 5.05. The number of sulfonamides is 1. The van der Waals surface area contributed by atoms with Gasteiger partial charge in [0.1, 0.15) is 10.6 Å². The van der Waals surface area contributed by atoms with E-state index in [4.69, 9.17) is 9.47 Å². The molecule has 5 nitrogen and oxygen atoms in total. The zero-order valence-electron chi connectivity index (χ0n) is 14.5. The Hall–Kier alpha value is -1.11. The maximum atomic E-state index is 13.4. The predicted octanol–water partition coefficient (Wildman–Crippen LogP) is 3.12. The van der Waals surface area contributed by atoms with Crippen molar-refractivity contribution in [2.45, 2.75) is 62.5 Å². The molecule has 0 bridgehead atoms. The molecule has 2 fully saturated rings. The second-order valence-corrected chi connectivity index (χ2v) is 8.66. The molecule has 0 radical (unpaired) electrons. The highest BCUT2D eigenvalue weighted by atomic mass is 32.2. The number of hydrogen-bond donors (Lipinski definition) is 0. The lowest BCUT2D eigenvalue weighted by molar-refractivity contribution is 0.0860. The fraction of sp³-hybridized carbons (Fsp3) is 0.667. The van der Waals surface area contributed by atoms with Crippen molar-refractivity contribution in [1.29, 1.82) is 0 Å². The normalized spacial score (nSPS) is 22.4. The van der Waals surface area contributed by atoms with Gasteiger partial charge in [-0.2, -0.15) is 4.31 Å². The Morgan fingerprint density at radius 1 is 1.21 bits per heavy atom. The minimum Gasteiger partial charge on any atom is -0.495 e. The van der Waals surface area contributed by atoms with Crippen molar-refractivity contribution in [3.05, 3.63) is 23.8 Å². The number of hydrogen-bond acceptors (Lipinski definition) is 4. The number of nitrogens with zero attached hydrogens (tertiary/aromatic N) is 1. The topological polar surface area (TPSA) is 55.8 Å². The summed E-state index contributed by atoms with van der Waals surface area (Å²) in [5.74, 6) is 0.413. The molecular weight excluding hydrogens is 326 g/mol. The van der Waals surface area contributed by atoms with E-state index >= 15 is 0 Å². The van der Waals surface area contributed by atoms with Gasteiger partial charge in [-0.3, -0.25) is 0 Å². The largest absolute Gasteiger partial charge is 0.495 e. The van der Waals surface area contributed by atoms with Gasteiger partial charge in [0.2, 0.25) is 10.0 Å². The number of ether oxygens (including phenoxy) is 2. The average molecular weight is 353 g/mol. The molecule has 0 amide bonds. The minimum absolute atomic E-state index is 0.0104. The summed E-state index contributed by atoms with van der Waals surface area (Å²) in [5, 5.41) is 0. The van der Waals surface area contributed by atoms with Gasteiger partial charge in [0.25, 0.3) is 0 Å². The molecule has 1 aromatic rings. The summed E-state index contributed by atoms with van der Waals surface area (Å²) in [6.07, 6.45) is 6.00. The Morgan fingerprint density at radius 3 is 2.58 bits per heavy atom. The van der Waals surface area contributed by atoms with Crippen molar-refractivity contribution in [2.75, 3.05) is 20.3 Å². The van der Waals surface area contributed by atoms with E-state index < -0.39 is 10.0 Å². The summed E-state index contributed by atoms with van der Waals surface area (Å²) < 4.78 is 39.6. The molecule has 0 spiro atoms. The van der Waals surface area contributed by atoms with Crippen LogP contribution in [0.2, 0.25) is 0 Å². The number of rotatable bonds is 6. The van der Waals surface area contributed by atoms with E-state index in [0.717, 1.165) is 50.7 Å². The molecule has 134 valence electrons. The van der Waals surface area contributed by atoms with Gasteiger partial charge in [-0.25, -0.2) is 8.42 Å². The molecular formula is C18H27NO4S. The third-order valence-corrected chi connectivity index (χ3v) is 6.98. The van der Waals surface area contributed by atoms with Crippen LogP contribution < -0.4 is 4.74 Å². The van der Waals surface area contributed by atoms with Crippen LogP contribution >= 0.6 is 0 Å². The van der Waals surface area contributed by atoms with Crippen molar-refractivity contribution in [3.63, 3.8) is 0 Å². The average Bonchev–Trinajstić information content (AvgIpc) is 3.26. The van der Waals surface area contributed by atoms with Crippen LogP contribution in [0.3, 0.4) is 0 Å². The van der Waals surface area contributed by atoms with E-state index in [1.54, 1.807) is 16.4 Å². The van der Waals surface area contributed by atoms with Gasteiger partial charge in [-0.15, -0.1) is 0 Å². The highest BCUT2D eigenvalue weighted by molar-refractivity contribution is 7.89. The monoisotopic (exact) mass is 353 g/mol. The van der Waals surface area contributed by atoms with Crippen LogP contribution in [0.5, 0.6) is 5.75 Å². The van der Waals surface area contributed by atoms with Crippen LogP contribution in [-0.2, 0) is 14.8 Å². The van der Waals surface area contributed by atoms with Crippen LogP contribution in [0.25, 0.3) is 0 Å². The first-order valence-electron chi connectivity index (χ1n) is 8.80. The van der Waals surface area contributed by atoms with E-state index in [-0.39, 0.29) is 17.0 Å². The number of benzene rings is 1. The van der Waals surface area contributed by atoms with E-state index in [9.17, 15) is 8.42 Å². The minimum atomic E-state index is -3.61. The molecule has 3 rings (SSSR count). The van der Waals surface area contributed by atoms with Crippen LogP contribution in [0, 0.1) is 6.92 Å². The van der Waals surface area contributed by atoms with Crippen LogP contribution in [0.4, 0.5) is 0 Å². The van der Waals surface area contributed by atoms with E-state index in [2.05, 4.69) is 0 Å². The molecule has 1 heterocycles. The molecule has 1 saturated heterocycles. The highest BCUT2D eigenvalue weighted by Gasteiger charge is 2.37. The van der Waals surface area contributed by atoms with Gasteiger partial charge >= 0.3 is 0 Å². The Morgan fingerprint density at radius 2 is 1.96 bits per heavy atom. The first kappa shape index (κ1) is 17.7.